The normalized spacial score (nSPS) is 10.4. The third-order valence-electron chi connectivity index (χ3n) is 2.69. The van der Waals surface area contributed by atoms with Crippen LogP contribution in [0.4, 0.5) is 14.5 Å². The van der Waals surface area contributed by atoms with Crippen molar-refractivity contribution in [2.24, 2.45) is 0 Å². The highest BCUT2D eigenvalue weighted by atomic mass is 19.1. The van der Waals surface area contributed by atoms with Crippen LogP contribution in [0.15, 0.2) is 36.4 Å². The van der Waals surface area contributed by atoms with Gasteiger partial charge in [-0.1, -0.05) is 6.07 Å². The number of halogens is 2. The summed E-state index contributed by atoms with van der Waals surface area (Å²) in [5, 5.41) is 12.3. The predicted molar refractivity (Wildman–Crippen MR) is 66.5 cm³/mol. The zero-order valence-corrected chi connectivity index (χ0v) is 9.87. The van der Waals surface area contributed by atoms with Crippen LogP contribution in [0.5, 0.6) is 5.75 Å². The summed E-state index contributed by atoms with van der Waals surface area (Å²) < 4.78 is 26.3. The third kappa shape index (κ3) is 2.77. The molecule has 0 saturated heterocycles. The van der Waals surface area contributed by atoms with Crippen molar-refractivity contribution in [1.29, 1.82) is 0 Å². The Balaban J connectivity index is 2.14. The van der Waals surface area contributed by atoms with Crippen molar-refractivity contribution >= 4 is 5.69 Å². The molecule has 94 valence electrons. The Morgan fingerprint density at radius 1 is 1.17 bits per heavy atom. The van der Waals surface area contributed by atoms with E-state index in [1.165, 1.54) is 18.2 Å². The summed E-state index contributed by atoms with van der Waals surface area (Å²) in [6.45, 7) is 1.98. The lowest BCUT2D eigenvalue weighted by molar-refractivity contribution is 0.468. The highest BCUT2D eigenvalue weighted by Crippen LogP contribution is 2.20. The van der Waals surface area contributed by atoms with E-state index in [4.69, 9.17) is 0 Å². The molecule has 0 amide bonds. The second-order valence-electron chi connectivity index (χ2n) is 4.08. The van der Waals surface area contributed by atoms with Gasteiger partial charge in [0.25, 0.3) is 0 Å². The van der Waals surface area contributed by atoms with Gasteiger partial charge in [0.1, 0.15) is 17.4 Å². The lowest BCUT2D eigenvalue weighted by Crippen LogP contribution is -2.02. The maximum Gasteiger partial charge on any atom is 0.128 e. The van der Waals surface area contributed by atoms with Gasteiger partial charge in [-0.05, 0) is 36.8 Å². The van der Waals surface area contributed by atoms with Crippen molar-refractivity contribution < 1.29 is 13.9 Å². The van der Waals surface area contributed by atoms with Crippen LogP contribution in [-0.2, 0) is 6.54 Å². The van der Waals surface area contributed by atoms with Gasteiger partial charge in [0.15, 0.2) is 0 Å². The van der Waals surface area contributed by atoms with Crippen LogP contribution in [0.3, 0.4) is 0 Å². The summed E-state index contributed by atoms with van der Waals surface area (Å²) in [6.07, 6.45) is 0. The zero-order chi connectivity index (χ0) is 13.1. The van der Waals surface area contributed by atoms with E-state index in [2.05, 4.69) is 5.32 Å². The van der Waals surface area contributed by atoms with Crippen molar-refractivity contribution in [1.82, 2.24) is 0 Å². The summed E-state index contributed by atoms with van der Waals surface area (Å²) in [6, 6.07) is 8.56. The van der Waals surface area contributed by atoms with Crippen LogP contribution in [0.25, 0.3) is 0 Å². The van der Waals surface area contributed by atoms with E-state index in [1.54, 1.807) is 19.1 Å². The van der Waals surface area contributed by atoms with Crippen LogP contribution in [0.1, 0.15) is 11.1 Å². The average molecular weight is 249 g/mol. The predicted octanol–water partition coefficient (Wildman–Crippen LogP) is 3.59. The quantitative estimate of drug-likeness (QED) is 0.871. The lowest BCUT2D eigenvalue weighted by atomic mass is 10.1. The SMILES string of the molecule is Cc1c(F)cccc1NCc1cc(O)cc(F)c1. The number of hydrogen-bond acceptors (Lipinski definition) is 2. The number of benzene rings is 2. The molecule has 4 heteroatoms. The molecule has 0 aliphatic rings. The molecule has 2 nitrogen and oxygen atoms in total. The summed E-state index contributed by atoms with van der Waals surface area (Å²) in [5.41, 5.74) is 1.76. The number of nitrogens with one attached hydrogen (secondary N) is 1. The molecule has 0 bridgehead atoms. The number of aromatic hydroxyl groups is 1. The first kappa shape index (κ1) is 12.4. The Labute approximate surface area is 104 Å². The van der Waals surface area contributed by atoms with Crippen LogP contribution in [0, 0.1) is 18.6 Å². The Morgan fingerprint density at radius 2 is 1.94 bits per heavy atom. The fourth-order valence-corrected chi connectivity index (χ4v) is 1.73. The van der Waals surface area contributed by atoms with E-state index in [1.807, 2.05) is 0 Å². The topological polar surface area (TPSA) is 32.3 Å². The summed E-state index contributed by atoms with van der Waals surface area (Å²) in [7, 11) is 0. The molecule has 0 saturated carbocycles. The molecule has 0 radical (unpaired) electrons. The molecule has 2 aromatic carbocycles. The van der Waals surface area contributed by atoms with Gasteiger partial charge in [0.2, 0.25) is 0 Å². The average Bonchev–Trinajstić information content (AvgIpc) is 2.30. The molecular formula is C14H13F2NO. The highest BCUT2D eigenvalue weighted by Gasteiger charge is 2.04. The van der Waals surface area contributed by atoms with Crippen molar-refractivity contribution in [2.75, 3.05) is 5.32 Å². The Kier molecular flexibility index (Phi) is 3.46. The number of anilines is 1. The standard InChI is InChI=1S/C14H13F2NO/c1-9-13(16)3-2-4-14(9)17-8-10-5-11(15)7-12(18)6-10/h2-7,17-18H,8H2,1H3. The summed E-state index contributed by atoms with van der Waals surface area (Å²) >= 11 is 0. The van der Waals surface area contributed by atoms with Crippen molar-refractivity contribution in [3.63, 3.8) is 0 Å². The maximum atomic E-state index is 13.3. The smallest absolute Gasteiger partial charge is 0.128 e. The van der Waals surface area contributed by atoms with Crippen LogP contribution >= 0.6 is 0 Å². The molecule has 2 N–H and O–H groups in total. The molecule has 0 spiro atoms. The van der Waals surface area contributed by atoms with Crippen molar-refractivity contribution in [3.8, 4) is 5.75 Å². The minimum Gasteiger partial charge on any atom is -0.508 e. The van der Waals surface area contributed by atoms with E-state index in [0.717, 1.165) is 6.07 Å². The third-order valence-corrected chi connectivity index (χ3v) is 2.69. The lowest BCUT2D eigenvalue weighted by Gasteiger charge is -2.10. The second-order valence-corrected chi connectivity index (χ2v) is 4.08. The minimum absolute atomic E-state index is 0.122. The maximum absolute atomic E-state index is 13.3. The Morgan fingerprint density at radius 3 is 2.67 bits per heavy atom. The molecule has 0 aliphatic heterocycles. The molecule has 0 aliphatic carbocycles. The summed E-state index contributed by atoms with van der Waals surface area (Å²) in [5.74, 6) is -0.910. The molecule has 0 fully saturated rings. The van der Waals surface area contributed by atoms with Crippen LogP contribution in [-0.4, -0.2) is 5.11 Å². The zero-order valence-electron chi connectivity index (χ0n) is 9.87. The van der Waals surface area contributed by atoms with Gasteiger partial charge in [-0.3, -0.25) is 0 Å². The first-order valence-corrected chi connectivity index (χ1v) is 5.53. The molecule has 18 heavy (non-hydrogen) atoms. The van der Waals surface area contributed by atoms with Crippen molar-refractivity contribution in [2.45, 2.75) is 13.5 Å². The Hall–Kier alpha value is -2.10. The molecule has 0 aromatic heterocycles. The number of hydrogen-bond donors (Lipinski definition) is 2. The van der Waals surface area contributed by atoms with E-state index < -0.39 is 5.82 Å². The van der Waals surface area contributed by atoms with Crippen LogP contribution in [0.2, 0.25) is 0 Å². The molecule has 2 rings (SSSR count). The highest BCUT2D eigenvalue weighted by molar-refractivity contribution is 5.51. The van der Waals surface area contributed by atoms with Gasteiger partial charge >= 0.3 is 0 Å². The first-order valence-electron chi connectivity index (χ1n) is 5.53. The molecule has 0 unspecified atom stereocenters. The van der Waals surface area contributed by atoms with Gasteiger partial charge in [-0.15, -0.1) is 0 Å². The molecular weight excluding hydrogens is 236 g/mol. The second kappa shape index (κ2) is 5.04. The Bertz CT molecular complexity index is 549. The van der Waals surface area contributed by atoms with E-state index in [-0.39, 0.29) is 11.6 Å². The number of phenolic OH excluding ortho intramolecular Hbond substituents is 1. The van der Waals surface area contributed by atoms with E-state index >= 15 is 0 Å². The van der Waals surface area contributed by atoms with Gasteiger partial charge in [-0.25, -0.2) is 8.78 Å². The molecule has 2 aromatic rings. The number of phenols is 1. The fourth-order valence-electron chi connectivity index (χ4n) is 1.73. The fraction of sp³-hybridized carbons (Fsp3) is 0.143. The van der Waals surface area contributed by atoms with Gasteiger partial charge < -0.3 is 10.4 Å². The van der Waals surface area contributed by atoms with Crippen LogP contribution < -0.4 is 5.32 Å². The largest absolute Gasteiger partial charge is 0.508 e. The van der Waals surface area contributed by atoms with Crippen molar-refractivity contribution in [3.05, 3.63) is 59.2 Å². The monoisotopic (exact) mass is 249 g/mol. The minimum atomic E-state index is -0.497. The van der Waals surface area contributed by atoms with E-state index in [0.29, 0.717) is 23.4 Å². The number of rotatable bonds is 3. The first-order chi connectivity index (χ1) is 8.56. The van der Waals surface area contributed by atoms with Gasteiger partial charge in [0.05, 0.1) is 0 Å². The van der Waals surface area contributed by atoms with Gasteiger partial charge in [0, 0.05) is 23.9 Å². The molecule has 0 atom stereocenters. The van der Waals surface area contributed by atoms with E-state index in [9.17, 15) is 13.9 Å². The summed E-state index contributed by atoms with van der Waals surface area (Å²) in [4.78, 5) is 0. The van der Waals surface area contributed by atoms with Gasteiger partial charge in [-0.2, -0.15) is 0 Å². The molecule has 0 heterocycles.